The van der Waals surface area contributed by atoms with Crippen molar-refractivity contribution in [2.45, 2.75) is 13.8 Å². The first-order valence-corrected chi connectivity index (χ1v) is 7.06. The van der Waals surface area contributed by atoms with Crippen LogP contribution in [-0.4, -0.2) is 0 Å². The van der Waals surface area contributed by atoms with Crippen molar-refractivity contribution in [2.75, 3.05) is 0 Å². The minimum atomic E-state index is 0.736. The minimum absolute atomic E-state index is 0.736. The van der Waals surface area contributed by atoms with Crippen LogP contribution in [0, 0.1) is 19.9 Å². The number of para-hydroxylation sites is 1. The highest BCUT2D eigenvalue weighted by Crippen LogP contribution is 2.29. The molecule has 0 aliphatic rings. The summed E-state index contributed by atoms with van der Waals surface area (Å²) in [6.45, 7) is 4.27. The van der Waals surface area contributed by atoms with Gasteiger partial charge < -0.3 is 4.74 Å². The van der Waals surface area contributed by atoms with E-state index in [0.29, 0.717) is 0 Å². The fraction of sp³-hybridized carbons (Fsp3) is 0.100. The molecule has 0 spiro atoms. The van der Waals surface area contributed by atoms with Crippen molar-refractivity contribution in [3.05, 3.63) is 83.9 Å². The Balaban J connectivity index is 1.95. The Bertz CT molecular complexity index is 745. The molecule has 0 aliphatic carbocycles. The van der Waals surface area contributed by atoms with Gasteiger partial charge in [-0.25, -0.2) is 0 Å². The van der Waals surface area contributed by atoms with Crippen LogP contribution in [0.15, 0.2) is 66.7 Å². The molecule has 103 valence electrons. The Morgan fingerprint density at radius 1 is 0.762 bits per heavy atom. The van der Waals surface area contributed by atoms with Gasteiger partial charge in [0.1, 0.15) is 11.5 Å². The molecule has 0 fully saturated rings. The van der Waals surface area contributed by atoms with E-state index in [1.807, 2.05) is 42.5 Å². The second-order valence-electron chi connectivity index (χ2n) is 5.09. The number of rotatable bonds is 3. The fourth-order valence-electron chi connectivity index (χ4n) is 2.32. The molecule has 0 heterocycles. The van der Waals surface area contributed by atoms with Gasteiger partial charge in [-0.15, -0.1) is 0 Å². The Kier molecular flexibility index (Phi) is 3.74. The number of benzene rings is 3. The van der Waals surface area contributed by atoms with Crippen molar-refractivity contribution in [1.29, 1.82) is 0 Å². The summed E-state index contributed by atoms with van der Waals surface area (Å²) in [7, 11) is 0. The quantitative estimate of drug-likeness (QED) is 0.606. The summed E-state index contributed by atoms with van der Waals surface area (Å²) in [5.41, 5.74) is 4.83. The van der Waals surface area contributed by atoms with E-state index in [-0.39, 0.29) is 0 Å². The van der Waals surface area contributed by atoms with E-state index in [1.165, 1.54) is 16.7 Å². The molecular formula is C20H17O. The first kappa shape index (κ1) is 13.4. The largest absolute Gasteiger partial charge is 0.457 e. The molecule has 3 aromatic carbocycles. The Morgan fingerprint density at radius 2 is 1.52 bits per heavy atom. The van der Waals surface area contributed by atoms with Crippen LogP contribution >= 0.6 is 0 Å². The van der Waals surface area contributed by atoms with Crippen LogP contribution in [0.3, 0.4) is 0 Å². The standard InChI is InChI=1S/C20H17O/c1-15-8-6-13-20(16(15)2)17-9-7-12-19(14-17)21-18-10-4-3-5-11-18/h3-13H,1-2H3. The Labute approximate surface area is 125 Å². The number of hydrogen-bond acceptors (Lipinski definition) is 1. The topological polar surface area (TPSA) is 9.23 Å². The van der Waals surface area contributed by atoms with Crippen molar-refractivity contribution in [3.8, 4) is 22.6 Å². The zero-order valence-corrected chi connectivity index (χ0v) is 12.3. The number of ether oxygens (including phenoxy) is 1. The third-order valence-corrected chi connectivity index (χ3v) is 3.63. The molecule has 0 saturated heterocycles. The number of aryl methyl sites for hydroxylation is 1. The Morgan fingerprint density at radius 3 is 2.33 bits per heavy atom. The van der Waals surface area contributed by atoms with Crippen LogP contribution in [0.2, 0.25) is 0 Å². The van der Waals surface area contributed by atoms with Gasteiger partial charge in [0, 0.05) is 6.07 Å². The third-order valence-electron chi connectivity index (χ3n) is 3.63. The highest BCUT2D eigenvalue weighted by atomic mass is 16.5. The highest BCUT2D eigenvalue weighted by Gasteiger charge is 2.06. The van der Waals surface area contributed by atoms with Crippen LogP contribution in [0.25, 0.3) is 11.1 Å². The lowest BCUT2D eigenvalue weighted by molar-refractivity contribution is 0.482. The van der Waals surface area contributed by atoms with Crippen LogP contribution in [0.1, 0.15) is 11.1 Å². The lowest BCUT2D eigenvalue weighted by atomic mass is 9.97. The first-order valence-electron chi connectivity index (χ1n) is 7.06. The Hall–Kier alpha value is -2.54. The van der Waals surface area contributed by atoms with E-state index < -0.39 is 0 Å². The molecule has 0 amide bonds. The van der Waals surface area contributed by atoms with Crippen LogP contribution < -0.4 is 4.74 Å². The summed E-state index contributed by atoms with van der Waals surface area (Å²) < 4.78 is 5.86. The molecule has 0 atom stereocenters. The van der Waals surface area contributed by atoms with E-state index in [4.69, 9.17) is 4.74 Å². The average Bonchev–Trinajstić information content (AvgIpc) is 2.51. The molecule has 1 nitrogen and oxygen atoms in total. The maximum atomic E-state index is 5.86. The normalized spacial score (nSPS) is 10.4. The van der Waals surface area contributed by atoms with Gasteiger partial charge >= 0.3 is 0 Å². The first-order chi connectivity index (χ1) is 10.2. The molecule has 1 heteroatoms. The molecule has 21 heavy (non-hydrogen) atoms. The SMILES string of the molecule is Cc1cccc(-c2[c]c(Oc3ccccc3)ccc2)c1C. The van der Waals surface area contributed by atoms with Crippen molar-refractivity contribution >= 4 is 0 Å². The second kappa shape index (κ2) is 5.84. The summed E-state index contributed by atoms with van der Waals surface area (Å²) in [6, 6.07) is 25.5. The van der Waals surface area contributed by atoms with Crippen molar-refractivity contribution in [1.82, 2.24) is 0 Å². The lowest BCUT2D eigenvalue weighted by Crippen LogP contribution is -1.89. The molecule has 0 unspecified atom stereocenters. The summed E-state index contributed by atoms with van der Waals surface area (Å²) in [6.07, 6.45) is 0. The maximum Gasteiger partial charge on any atom is 0.136 e. The van der Waals surface area contributed by atoms with Gasteiger partial charge in [0.25, 0.3) is 0 Å². The van der Waals surface area contributed by atoms with Gasteiger partial charge in [-0.2, -0.15) is 0 Å². The van der Waals surface area contributed by atoms with Crippen LogP contribution in [-0.2, 0) is 0 Å². The van der Waals surface area contributed by atoms with Gasteiger partial charge in [-0.1, -0.05) is 48.5 Å². The molecule has 0 bridgehead atoms. The molecular weight excluding hydrogens is 256 g/mol. The van der Waals surface area contributed by atoms with E-state index in [2.05, 4.69) is 44.2 Å². The van der Waals surface area contributed by atoms with Gasteiger partial charge in [-0.05, 0) is 54.3 Å². The summed E-state index contributed by atoms with van der Waals surface area (Å²) in [5, 5.41) is 0. The second-order valence-corrected chi connectivity index (χ2v) is 5.09. The fourth-order valence-corrected chi connectivity index (χ4v) is 2.32. The third kappa shape index (κ3) is 2.97. The summed E-state index contributed by atoms with van der Waals surface area (Å²) in [4.78, 5) is 0. The predicted octanol–water partition coefficient (Wildman–Crippen LogP) is 5.56. The monoisotopic (exact) mass is 273 g/mol. The van der Waals surface area contributed by atoms with E-state index in [9.17, 15) is 0 Å². The molecule has 0 N–H and O–H groups in total. The zero-order valence-electron chi connectivity index (χ0n) is 12.3. The molecule has 1 radical (unpaired) electrons. The molecule has 0 saturated carbocycles. The van der Waals surface area contributed by atoms with Gasteiger partial charge in [0.2, 0.25) is 0 Å². The predicted molar refractivity (Wildman–Crippen MR) is 86.7 cm³/mol. The van der Waals surface area contributed by atoms with Crippen molar-refractivity contribution < 1.29 is 4.74 Å². The van der Waals surface area contributed by atoms with E-state index in [1.54, 1.807) is 0 Å². The maximum absolute atomic E-state index is 5.86. The summed E-state index contributed by atoms with van der Waals surface area (Å²) >= 11 is 0. The molecule has 0 aromatic heterocycles. The lowest BCUT2D eigenvalue weighted by Gasteiger charge is -2.10. The molecule has 3 rings (SSSR count). The smallest absolute Gasteiger partial charge is 0.136 e. The van der Waals surface area contributed by atoms with Crippen molar-refractivity contribution in [2.24, 2.45) is 0 Å². The van der Waals surface area contributed by atoms with Gasteiger partial charge in [0.15, 0.2) is 0 Å². The highest BCUT2D eigenvalue weighted by molar-refractivity contribution is 5.69. The van der Waals surface area contributed by atoms with Crippen molar-refractivity contribution in [3.63, 3.8) is 0 Å². The summed E-state index contributed by atoms with van der Waals surface area (Å²) in [5.74, 6) is 1.56. The zero-order chi connectivity index (χ0) is 14.7. The van der Waals surface area contributed by atoms with E-state index >= 15 is 0 Å². The minimum Gasteiger partial charge on any atom is -0.457 e. The van der Waals surface area contributed by atoms with Crippen LogP contribution in [0.4, 0.5) is 0 Å². The van der Waals surface area contributed by atoms with Crippen LogP contribution in [0.5, 0.6) is 11.5 Å². The van der Waals surface area contributed by atoms with Gasteiger partial charge in [0.05, 0.1) is 0 Å². The molecule has 0 aliphatic heterocycles. The number of hydrogen-bond donors (Lipinski definition) is 0. The van der Waals surface area contributed by atoms with Gasteiger partial charge in [-0.3, -0.25) is 0 Å². The molecule has 3 aromatic rings. The average molecular weight is 273 g/mol. The van der Waals surface area contributed by atoms with E-state index in [0.717, 1.165) is 17.1 Å².